The lowest BCUT2D eigenvalue weighted by Crippen LogP contribution is -2.00. The second kappa shape index (κ2) is 7.68. The van der Waals surface area contributed by atoms with E-state index in [0.29, 0.717) is 5.75 Å². The average Bonchev–Trinajstić information content (AvgIpc) is 3.09. The number of carbonyl (C=O) groups is 1. The van der Waals surface area contributed by atoms with E-state index in [1.165, 1.54) is 12.1 Å². The number of aromatic nitrogens is 2. The first kappa shape index (κ1) is 17.4. The highest BCUT2D eigenvalue weighted by Crippen LogP contribution is 2.17. The summed E-state index contributed by atoms with van der Waals surface area (Å²) < 4.78 is 7.75. The molecule has 0 spiro atoms. The Labute approximate surface area is 161 Å². The van der Waals surface area contributed by atoms with Crippen LogP contribution in [0.25, 0.3) is 5.65 Å². The predicted octanol–water partition coefficient (Wildman–Crippen LogP) is 4.01. The summed E-state index contributed by atoms with van der Waals surface area (Å²) in [5, 5.41) is 8.98. The highest BCUT2D eigenvalue weighted by atomic mass is 16.5. The molecule has 0 aliphatic carbocycles. The molecule has 2 heterocycles. The lowest BCUT2D eigenvalue weighted by molar-refractivity contribution is 0.0697. The van der Waals surface area contributed by atoms with Crippen LogP contribution in [0.2, 0.25) is 0 Å². The number of imidazole rings is 1. The molecule has 2 aromatic heterocycles. The topological polar surface area (TPSA) is 63.8 Å². The van der Waals surface area contributed by atoms with E-state index in [1.807, 2.05) is 59.1 Å². The SMILES string of the molecule is O=C(O)c1ccc(OCc2nc3ccccn3c2C#Cc2ccccc2)cc1. The van der Waals surface area contributed by atoms with E-state index in [2.05, 4.69) is 16.8 Å². The molecule has 0 unspecified atom stereocenters. The molecule has 0 fully saturated rings. The van der Waals surface area contributed by atoms with Gasteiger partial charge in [-0.05, 0) is 54.5 Å². The van der Waals surface area contributed by atoms with Gasteiger partial charge in [0.15, 0.2) is 0 Å². The molecule has 0 atom stereocenters. The van der Waals surface area contributed by atoms with E-state index < -0.39 is 5.97 Å². The van der Waals surface area contributed by atoms with Crippen molar-refractivity contribution in [2.45, 2.75) is 6.61 Å². The first-order valence-electron chi connectivity index (χ1n) is 8.70. The number of ether oxygens (including phenoxy) is 1. The van der Waals surface area contributed by atoms with Gasteiger partial charge in [-0.15, -0.1) is 0 Å². The van der Waals surface area contributed by atoms with Gasteiger partial charge in [-0.2, -0.15) is 0 Å². The normalized spacial score (nSPS) is 10.3. The zero-order chi connectivity index (χ0) is 19.3. The number of rotatable bonds is 4. The first-order valence-corrected chi connectivity index (χ1v) is 8.70. The van der Waals surface area contributed by atoms with E-state index in [9.17, 15) is 4.79 Å². The number of hydrogen-bond donors (Lipinski definition) is 1. The maximum absolute atomic E-state index is 11.0. The van der Waals surface area contributed by atoms with E-state index in [-0.39, 0.29) is 12.2 Å². The van der Waals surface area contributed by atoms with Gasteiger partial charge >= 0.3 is 5.97 Å². The fraction of sp³-hybridized carbons (Fsp3) is 0.0435. The van der Waals surface area contributed by atoms with Crippen LogP contribution in [0.5, 0.6) is 5.75 Å². The predicted molar refractivity (Wildman–Crippen MR) is 105 cm³/mol. The summed E-state index contributed by atoms with van der Waals surface area (Å²) in [6, 6.07) is 21.8. The number of carboxylic acid groups (broad SMARTS) is 1. The van der Waals surface area contributed by atoms with Crippen LogP contribution < -0.4 is 4.74 Å². The molecular formula is C23H16N2O3. The summed E-state index contributed by atoms with van der Waals surface area (Å²) in [7, 11) is 0. The largest absolute Gasteiger partial charge is 0.487 e. The Morgan fingerprint density at radius 1 is 0.964 bits per heavy atom. The Morgan fingerprint density at radius 2 is 1.71 bits per heavy atom. The summed E-state index contributed by atoms with van der Waals surface area (Å²) in [6.07, 6.45) is 1.92. The van der Waals surface area contributed by atoms with Crippen molar-refractivity contribution in [2.24, 2.45) is 0 Å². The molecule has 0 saturated carbocycles. The molecule has 4 rings (SSSR count). The molecule has 0 aliphatic rings. The van der Waals surface area contributed by atoms with Gasteiger partial charge in [-0.1, -0.05) is 30.2 Å². The van der Waals surface area contributed by atoms with Gasteiger partial charge in [0.2, 0.25) is 0 Å². The number of nitrogens with zero attached hydrogens (tertiary/aromatic N) is 2. The van der Waals surface area contributed by atoms with E-state index in [4.69, 9.17) is 9.84 Å². The number of pyridine rings is 1. The Morgan fingerprint density at radius 3 is 2.46 bits per heavy atom. The third kappa shape index (κ3) is 3.71. The summed E-state index contributed by atoms with van der Waals surface area (Å²) in [4.78, 5) is 15.6. The maximum atomic E-state index is 11.0. The van der Waals surface area contributed by atoms with Crippen LogP contribution in [0, 0.1) is 11.8 Å². The van der Waals surface area contributed by atoms with Crippen molar-refractivity contribution in [3.63, 3.8) is 0 Å². The molecule has 2 aromatic carbocycles. The summed E-state index contributed by atoms with van der Waals surface area (Å²) in [5.41, 5.74) is 3.41. The standard InChI is InChI=1S/C23H16N2O3/c26-23(27)18-10-12-19(13-11-18)28-16-20-21(14-9-17-6-2-1-3-7-17)25-15-5-4-8-22(25)24-20/h1-8,10-13,15H,16H2,(H,26,27). The van der Waals surface area contributed by atoms with Crippen molar-refractivity contribution in [3.05, 3.63) is 102 Å². The van der Waals surface area contributed by atoms with E-state index >= 15 is 0 Å². The molecular weight excluding hydrogens is 352 g/mol. The van der Waals surface area contributed by atoms with E-state index in [1.54, 1.807) is 12.1 Å². The molecule has 5 heteroatoms. The highest BCUT2D eigenvalue weighted by Gasteiger charge is 2.11. The minimum absolute atomic E-state index is 0.217. The van der Waals surface area contributed by atoms with Gasteiger partial charge in [0.05, 0.1) is 5.56 Å². The van der Waals surface area contributed by atoms with Crippen molar-refractivity contribution < 1.29 is 14.6 Å². The number of hydrogen-bond acceptors (Lipinski definition) is 3. The molecule has 5 nitrogen and oxygen atoms in total. The van der Waals surface area contributed by atoms with Gasteiger partial charge in [0, 0.05) is 11.8 Å². The molecule has 0 radical (unpaired) electrons. The van der Waals surface area contributed by atoms with Crippen molar-refractivity contribution in [1.29, 1.82) is 0 Å². The second-order valence-corrected chi connectivity index (χ2v) is 6.07. The van der Waals surface area contributed by atoms with Gasteiger partial charge < -0.3 is 9.84 Å². The van der Waals surface area contributed by atoms with Crippen LogP contribution in [0.1, 0.15) is 27.3 Å². The van der Waals surface area contributed by atoms with E-state index in [0.717, 1.165) is 22.6 Å². The molecule has 28 heavy (non-hydrogen) atoms. The average molecular weight is 368 g/mol. The van der Waals surface area contributed by atoms with Gasteiger partial charge in [-0.25, -0.2) is 9.78 Å². The van der Waals surface area contributed by atoms with Crippen molar-refractivity contribution in [3.8, 4) is 17.6 Å². The monoisotopic (exact) mass is 368 g/mol. The third-order valence-corrected chi connectivity index (χ3v) is 4.18. The number of benzene rings is 2. The van der Waals surface area contributed by atoms with Crippen molar-refractivity contribution in [1.82, 2.24) is 9.38 Å². The Balaban J connectivity index is 1.63. The van der Waals surface area contributed by atoms with Crippen LogP contribution in [-0.2, 0) is 6.61 Å². The van der Waals surface area contributed by atoms with Crippen LogP contribution in [0.15, 0.2) is 79.0 Å². The zero-order valence-corrected chi connectivity index (χ0v) is 14.9. The number of fused-ring (bicyclic) bond motifs is 1. The number of carboxylic acids is 1. The Kier molecular flexibility index (Phi) is 4.77. The lowest BCUT2D eigenvalue weighted by Gasteiger charge is -2.05. The fourth-order valence-electron chi connectivity index (χ4n) is 2.78. The lowest BCUT2D eigenvalue weighted by atomic mass is 10.2. The van der Waals surface area contributed by atoms with Crippen LogP contribution in [0.3, 0.4) is 0 Å². The third-order valence-electron chi connectivity index (χ3n) is 4.18. The van der Waals surface area contributed by atoms with Crippen LogP contribution in [-0.4, -0.2) is 20.5 Å². The number of aromatic carboxylic acids is 1. The highest BCUT2D eigenvalue weighted by molar-refractivity contribution is 5.87. The van der Waals surface area contributed by atoms with Gasteiger partial charge in [0.25, 0.3) is 0 Å². The first-order chi connectivity index (χ1) is 13.7. The maximum Gasteiger partial charge on any atom is 0.335 e. The van der Waals surface area contributed by atoms with Gasteiger partial charge in [-0.3, -0.25) is 4.40 Å². The molecule has 136 valence electrons. The van der Waals surface area contributed by atoms with Crippen LogP contribution >= 0.6 is 0 Å². The second-order valence-electron chi connectivity index (χ2n) is 6.07. The zero-order valence-electron chi connectivity index (χ0n) is 14.9. The summed E-state index contributed by atoms with van der Waals surface area (Å²) in [6.45, 7) is 0.229. The van der Waals surface area contributed by atoms with Crippen LogP contribution in [0.4, 0.5) is 0 Å². The van der Waals surface area contributed by atoms with Crippen molar-refractivity contribution >= 4 is 11.6 Å². The smallest absolute Gasteiger partial charge is 0.335 e. The Bertz CT molecular complexity index is 1180. The molecule has 0 amide bonds. The fourth-order valence-corrected chi connectivity index (χ4v) is 2.78. The minimum atomic E-state index is -0.967. The summed E-state index contributed by atoms with van der Waals surface area (Å²) >= 11 is 0. The molecule has 1 N–H and O–H groups in total. The molecule has 0 saturated heterocycles. The minimum Gasteiger partial charge on any atom is -0.487 e. The Hall–Kier alpha value is -4.04. The molecule has 4 aromatic rings. The van der Waals surface area contributed by atoms with Gasteiger partial charge in [0.1, 0.15) is 29.4 Å². The molecule has 0 aliphatic heterocycles. The van der Waals surface area contributed by atoms with Crippen molar-refractivity contribution in [2.75, 3.05) is 0 Å². The summed E-state index contributed by atoms with van der Waals surface area (Å²) in [5.74, 6) is 5.98. The quantitative estimate of drug-likeness (QED) is 0.553. The molecule has 0 bridgehead atoms.